The summed E-state index contributed by atoms with van der Waals surface area (Å²) >= 11 is 0. The van der Waals surface area contributed by atoms with Gasteiger partial charge in [-0.25, -0.2) is 0 Å². The summed E-state index contributed by atoms with van der Waals surface area (Å²) in [5, 5.41) is 2.54. The number of hydrogen-bond acceptors (Lipinski definition) is 0. The van der Waals surface area contributed by atoms with Gasteiger partial charge < -0.3 is 4.57 Å². The molecule has 0 bridgehead atoms. The van der Waals surface area contributed by atoms with Crippen LogP contribution in [0.2, 0.25) is 0 Å². The molecule has 298 valence electrons. The Hall–Kier alpha value is -8.00. The Labute approximate surface area is 373 Å². The second kappa shape index (κ2) is 13.3. The van der Waals surface area contributed by atoms with E-state index in [1.54, 1.807) is 0 Å². The van der Waals surface area contributed by atoms with E-state index < -0.39 is 10.8 Å². The van der Waals surface area contributed by atoms with Crippen LogP contribution in [0.1, 0.15) is 55.6 Å². The molecule has 10 aromatic carbocycles. The molecule has 0 amide bonds. The van der Waals surface area contributed by atoms with Crippen LogP contribution in [0.3, 0.4) is 0 Å². The van der Waals surface area contributed by atoms with Gasteiger partial charge in [0.05, 0.1) is 21.9 Å². The van der Waals surface area contributed by atoms with Crippen LogP contribution in [0.4, 0.5) is 0 Å². The van der Waals surface area contributed by atoms with E-state index in [4.69, 9.17) is 0 Å². The van der Waals surface area contributed by atoms with Crippen molar-refractivity contribution < 1.29 is 0 Å². The Morgan fingerprint density at radius 3 is 1.28 bits per heavy atom. The summed E-state index contributed by atoms with van der Waals surface area (Å²) in [6.07, 6.45) is 0.901. The average molecular weight is 812 g/mol. The maximum atomic E-state index is 2.56. The highest BCUT2D eigenvalue weighted by Crippen LogP contribution is 2.59. The minimum Gasteiger partial charge on any atom is -0.309 e. The fourth-order valence-corrected chi connectivity index (χ4v) is 12.5. The Morgan fingerprint density at radius 2 is 0.750 bits per heavy atom. The Balaban J connectivity index is 1.06. The molecule has 11 aromatic rings. The summed E-state index contributed by atoms with van der Waals surface area (Å²) in [6, 6.07) is 89.2. The average Bonchev–Trinajstić information content (AvgIpc) is 4.09. The minimum absolute atomic E-state index is 0.471. The molecule has 64 heavy (non-hydrogen) atoms. The third-order valence-electron chi connectivity index (χ3n) is 15.0. The van der Waals surface area contributed by atoms with Crippen LogP contribution in [-0.2, 0) is 17.3 Å². The van der Waals surface area contributed by atoms with Gasteiger partial charge in [0, 0.05) is 22.0 Å². The van der Waals surface area contributed by atoms with Gasteiger partial charge >= 0.3 is 0 Å². The molecule has 0 fully saturated rings. The summed E-state index contributed by atoms with van der Waals surface area (Å²) in [5.74, 6) is 0. The third kappa shape index (κ3) is 4.53. The van der Waals surface area contributed by atoms with Crippen molar-refractivity contribution in [2.45, 2.75) is 17.3 Å². The van der Waals surface area contributed by atoms with Crippen molar-refractivity contribution >= 4 is 21.8 Å². The lowest BCUT2D eigenvalue weighted by molar-refractivity contribution is 0.768. The highest BCUT2D eigenvalue weighted by molar-refractivity contribution is 6.15. The van der Waals surface area contributed by atoms with Gasteiger partial charge in [0.25, 0.3) is 0 Å². The van der Waals surface area contributed by atoms with E-state index in [1.165, 1.54) is 117 Å². The topological polar surface area (TPSA) is 4.93 Å². The van der Waals surface area contributed by atoms with Gasteiger partial charge in [-0.2, -0.15) is 0 Å². The van der Waals surface area contributed by atoms with Gasteiger partial charge in [0.1, 0.15) is 0 Å². The Kier molecular flexibility index (Phi) is 7.37. The molecule has 0 aliphatic heterocycles. The van der Waals surface area contributed by atoms with Crippen molar-refractivity contribution in [3.63, 3.8) is 0 Å². The molecule has 3 aliphatic carbocycles. The second-order valence-electron chi connectivity index (χ2n) is 17.9. The standard InChI is InChI=1S/C63H41N/c1-4-18-43(19-5-1)62(55-28-14-10-24-48(55)49-25-11-15-29-56(49)62)45-34-32-41-38-42-33-36-52-54-40-46(35-37-59(54)64(47-22-8-3-9-23-47)61(52)60(42)53(41)39-45)63(44-20-6-2-7-21-44)57-30-16-12-26-50(57)51-27-13-17-31-58(51)63/h1-37,39-40H,38H2. The van der Waals surface area contributed by atoms with Gasteiger partial charge in [0.2, 0.25) is 0 Å². The summed E-state index contributed by atoms with van der Waals surface area (Å²) in [4.78, 5) is 0. The second-order valence-corrected chi connectivity index (χ2v) is 17.9. The maximum Gasteiger partial charge on any atom is 0.0713 e. The van der Waals surface area contributed by atoms with Gasteiger partial charge in [-0.05, 0) is 120 Å². The molecular weight excluding hydrogens is 771 g/mol. The third-order valence-corrected chi connectivity index (χ3v) is 15.0. The van der Waals surface area contributed by atoms with Crippen LogP contribution < -0.4 is 0 Å². The van der Waals surface area contributed by atoms with E-state index in [2.05, 4.69) is 241 Å². The minimum atomic E-state index is -0.484. The summed E-state index contributed by atoms with van der Waals surface area (Å²) < 4.78 is 2.55. The summed E-state index contributed by atoms with van der Waals surface area (Å²) in [6.45, 7) is 0. The molecule has 1 heterocycles. The normalized spacial score (nSPS) is 14.4. The van der Waals surface area contributed by atoms with E-state index in [9.17, 15) is 0 Å². The SMILES string of the molecule is c1ccc(-n2c3ccc(C4(c5ccccc5)c5ccccc5-c5ccccc54)cc3c3ccc4c(c32)-c2cc(C3(c5ccccc5)c5ccccc5-c5ccccc53)ccc2C4)cc1. The molecule has 0 saturated carbocycles. The molecule has 0 atom stereocenters. The van der Waals surface area contributed by atoms with Crippen molar-refractivity contribution in [2.24, 2.45) is 0 Å². The fraction of sp³-hybridized carbons (Fsp3) is 0.0476. The number of nitrogens with zero attached hydrogens (tertiary/aromatic N) is 1. The monoisotopic (exact) mass is 811 g/mol. The van der Waals surface area contributed by atoms with Gasteiger partial charge in [0.15, 0.2) is 0 Å². The van der Waals surface area contributed by atoms with E-state index in [0.717, 1.165) is 6.42 Å². The summed E-state index contributed by atoms with van der Waals surface area (Å²) in [5.41, 5.74) is 23.8. The Bertz CT molecular complexity index is 3600. The maximum absolute atomic E-state index is 2.56. The number of rotatable bonds is 5. The molecule has 0 N–H and O–H groups in total. The van der Waals surface area contributed by atoms with E-state index in [1.807, 2.05) is 0 Å². The highest BCUT2D eigenvalue weighted by Gasteiger charge is 2.48. The largest absolute Gasteiger partial charge is 0.309 e. The number of benzene rings is 10. The number of aromatic nitrogens is 1. The fourth-order valence-electron chi connectivity index (χ4n) is 12.5. The molecule has 14 rings (SSSR count). The molecule has 1 heteroatoms. The summed E-state index contributed by atoms with van der Waals surface area (Å²) in [7, 11) is 0. The van der Waals surface area contributed by atoms with Gasteiger partial charge in [-0.3, -0.25) is 0 Å². The molecule has 0 unspecified atom stereocenters. The highest BCUT2D eigenvalue weighted by atomic mass is 15.0. The molecule has 1 nitrogen and oxygen atoms in total. The molecule has 0 spiro atoms. The first-order valence-corrected chi connectivity index (χ1v) is 22.6. The predicted octanol–water partition coefficient (Wildman–Crippen LogP) is 15.1. The zero-order chi connectivity index (χ0) is 42.0. The van der Waals surface area contributed by atoms with Gasteiger partial charge in [-0.15, -0.1) is 0 Å². The lowest BCUT2D eigenvalue weighted by Crippen LogP contribution is -2.28. The van der Waals surface area contributed by atoms with E-state index in [-0.39, 0.29) is 0 Å². The van der Waals surface area contributed by atoms with Crippen molar-refractivity contribution in [3.8, 4) is 39.1 Å². The van der Waals surface area contributed by atoms with Crippen molar-refractivity contribution in [1.82, 2.24) is 4.57 Å². The number of para-hydroxylation sites is 1. The quantitative estimate of drug-likeness (QED) is 0.163. The molecule has 3 aliphatic rings. The smallest absolute Gasteiger partial charge is 0.0713 e. The zero-order valence-electron chi connectivity index (χ0n) is 35.2. The first-order chi connectivity index (χ1) is 31.8. The number of hydrogen-bond donors (Lipinski definition) is 0. The Morgan fingerprint density at radius 1 is 0.312 bits per heavy atom. The van der Waals surface area contributed by atoms with Crippen LogP contribution in [-0.4, -0.2) is 4.57 Å². The number of fused-ring (bicyclic) bond motifs is 13. The van der Waals surface area contributed by atoms with Crippen LogP contribution in [0, 0.1) is 0 Å². The van der Waals surface area contributed by atoms with Crippen LogP contribution in [0.15, 0.2) is 237 Å². The predicted molar refractivity (Wildman–Crippen MR) is 264 cm³/mol. The van der Waals surface area contributed by atoms with Crippen LogP contribution >= 0.6 is 0 Å². The lowest BCUT2D eigenvalue weighted by atomic mass is 9.67. The van der Waals surface area contributed by atoms with E-state index in [0.29, 0.717) is 0 Å². The van der Waals surface area contributed by atoms with Crippen LogP contribution in [0.5, 0.6) is 0 Å². The molecule has 0 radical (unpaired) electrons. The molecule has 1 aromatic heterocycles. The first-order valence-electron chi connectivity index (χ1n) is 22.6. The van der Waals surface area contributed by atoms with Gasteiger partial charge in [-0.1, -0.05) is 206 Å². The van der Waals surface area contributed by atoms with Crippen LogP contribution in [0.25, 0.3) is 60.9 Å². The zero-order valence-corrected chi connectivity index (χ0v) is 35.2. The van der Waals surface area contributed by atoms with Crippen molar-refractivity contribution in [3.05, 3.63) is 292 Å². The van der Waals surface area contributed by atoms with E-state index >= 15 is 0 Å². The first kappa shape index (κ1) is 35.6. The van der Waals surface area contributed by atoms with Crippen molar-refractivity contribution in [1.29, 1.82) is 0 Å². The van der Waals surface area contributed by atoms with Crippen molar-refractivity contribution in [2.75, 3.05) is 0 Å². The lowest BCUT2D eigenvalue weighted by Gasteiger charge is -2.34. The molecular formula is C63H41N. The molecule has 0 saturated heterocycles.